The standard InChI is InChI=1S/C15H22Cl2N2O2S/c1-3-8-19(12-4-6-18-7-5-12)22(20,21)13-9-14(16)11(2)15(17)10-13/h9-10,12,18H,3-8H2,1-2H3. The number of piperidine rings is 1. The average molecular weight is 365 g/mol. The van der Waals surface area contributed by atoms with Crippen molar-refractivity contribution in [1.82, 2.24) is 9.62 Å². The Balaban J connectivity index is 2.40. The summed E-state index contributed by atoms with van der Waals surface area (Å²) in [4.78, 5) is 0.181. The molecule has 0 radical (unpaired) electrons. The van der Waals surface area contributed by atoms with E-state index in [1.165, 1.54) is 12.1 Å². The summed E-state index contributed by atoms with van der Waals surface area (Å²) in [6.07, 6.45) is 2.43. The quantitative estimate of drug-likeness (QED) is 0.870. The summed E-state index contributed by atoms with van der Waals surface area (Å²) >= 11 is 12.2. The molecule has 0 spiro atoms. The van der Waals surface area contributed by atoms with Crippen molar-refractivity contribution < 1.29 is 8.42 Å². The molecule has 1 saturated heterocycles. The van der Waals surface area contributed by atoms with Crippen LogP contribution in [0.1, 0.15) is 31.7 Å². The van der Waals surface area contributed by atoms with Gasteiger partial charge < -0.3 is 5.32 Å². The van der Waals surface area contributed by atoms with Crippen LogP contribution >= 0.6 is 23.2 Å². The molecule has 1 aliphatic rings. The van der Waals surface area contributed by atoms with Crippen LogP contribution in [0.3, 0.4) is 0 Å². The largest absolute Gasteiger partial charge is 0.317 e. The van der Waals surface area contributed by atoms with E-state index in [4.69, 9.17) is 23.2 Å². The number of nitrogens with one attached hydrogen (secondary N) is 1. The van der Waals surface area contributed by atoms with Crippen LogP contribution in [0, 0.1) is 6.92 Å². The van der Waals surface area contributed by atoms with Crippen molar-refractivity contribution in [3.05, 3.63) is 27.7 Å². The van der Waals surface area contributed by atoms with E-state index in [-0.39, 0.29) is 10.9 Å². The molecule has 1 N–H and O–H groups in total. The zero-order chi connectivity index (χ0) is 16.3. The summed E-state index contributed by atoms with van der Waals surface area (Å²) in [6.45, 7) is 5.96. The van der Waals surface area contributed by atoms with Crippen molar-refractivity contribution in [2.45, 2.75) is 44.0 Å². The van der Waals surface area contributed by atoms with E-state index < -0.39 is 10.0 Å². The third-order valence-electron chi connectivity index (χ3n) is 4.02. The van der Waals surface area contributed by atoms with Gasteiger partial charge in [-0.15, -0.1) is 0 Å². The third-order valence-corrected chi connectivity index (χ3v) is 6.74. The minimum atomic E-state index is -3.59. The number of benzene rings is 1. The number of hydrogen-bond donors (Lipinski definition) is 1. The highest BCUT2D eigenvalue weighted by atomic mass is 35.5. The van der Waals surface area contributed by atoms with E-state index in [9.17, 15) is 8.42 Å². The van der Waals surface area contributed by atoms with Gasteiger partial charge in [0, 0.05) is 22.6 Å². The first kappa shape index (κ1) is 18.0. The Hall–Kier alpha value is -0.330. The van der Waals surface area contributed by atoms with Crippen LogP contribution in [0.25, 0.3) is 0 Å². The highest BCUT2D eigenvalue weighted by Gasteiger charge is 2.32. The molecule has 0 atom stereocenters. The van der Waals surface area contributed by atoms with Crippen LogP contribution in [-0.4, -0.2) is 38.4 Å². The second-order valence-corrected chi connectivity index (χ2v) is 8.31. The van der Waals surface area contributed by atoms with Crippen LogP contribution in [0.5, 0.6) is 0 Å². The zero-order valence-corrected chi connectivity index (χ0v) is 15.2. The van der Waals surface area contributed by atoms with Gasteiger partial charge in [0.1, 0.15) is 0 Å². The lowest BCUT2D eigenvalue weighted by Gasteiger charge is -2.33. The number of nitrogens with zero attached hydrogens (tertiary/aromatic N) is 1. The molecular formula is C15H22Cl2N2O2S. The highest BCUT2D eigenvalue weighted by molar-refractivity contribution is 7.89. The predicted molar refractivity (Wildman–Crippen MR) is 91.3 cm³/mol. The van der Waals surface area contributed by atoms with Gasteiger partial charge >= 0.3 is 0 Å². The van der Waals surface area contributed by atoms with Gasteiger partial charge in [-0.3, -0.25) is 0 Å². The molecule has 1 aromatic carbocycles. The van der Waals surface area contributed by atoms with Gasteiger partial charge in [0.05, 0.1) is 4.90 Å². The van der Waals surface area contributed by atoms with Crippen LogP contribution in [-0.2, 0) is 10.0 Å². The lowest BCUT2D eigenvalue weighted by atomic mass is 10.1. The average Bonchev–Trinajstić information content (AvgIpc) is 2.50. The minimum absolute atomic E-state index is 0.0325. The summed E-state index contributed by atoms with van der Waals surface area (Å²) in [7, 11) is -3.59. The van der Waals surface area contributed by atoms with Crippen LogP contribution in [0.15, 0.2) is 17.0 Å². The lowest BCUT2D eigenvalue weighted by molar-refractivity contribution is 0.262. The summed E-state index contributed by atoms with van der Waals surface area (Å²) in [6, 6.07) is 3.04. The van der Waals surface area contributed by atoms with Gasteiger partial charge in [0.15, 0.2) is 0 Å². The molecule has 124 valence electrons. The van der Waals surface area contributed by atoms with E-state index in [0.717, 1.165) is 32.4 Å². The van der Waals surface area contributed by atoms with Crippen LogP contribution in [0.4, 0.5) is 0 Å². The van der Waals surface area contributed by atoms with E-state index in [2.05, 4.69) is 5.32 Å². The Kier molecular flexibility index (Phi) is 6.14. The summed E-state index contributed by atoms with van der Waals surface area (Å²) in [5.74, 6) is 0. The fraction of sp³-hybridized carbons (Fsp3) is 0.600. The maximum Gasteiger partial charge on any atom is 0.243 e. The number of halogens is 2. The Morgan fingerprint density at radius 2 is 1.77 bits per heavy atom. The van der Waals surface area contributed by atoms with Crippen molar-refractivity contribution in [3.8, 4) is 0 Å². The molecule has 1 aromatic rings. The highest BCUT2D eigenvalue weighted by Crippen LogP contribution is 2.31. The molecule has 0 aromatic heterocycles. The Morgan fingerprint density at radius 3 is 2.27 bits per heavy atom. The molecule has 2 rings (SSSR count). The molecule has 22 heavy (non-hydrogen) atoms. The first-order chi connectivity index (χ1) is 10.4. The predicted octanol–water partition coefficient (Wildman–Crippen LogP) is 3.45. The molecule has 0 amide bonds. The fourth-order valence-corrected chi connectivity index (χ4v) is 5.17. The molecule has 4 nitrogen and oxygen atoms in total. The lowest BCUT2D eigenvalue weighted by Crippen LogP contribution is -2.46. The fourth-order valence-electron chi connectivity index (χ4n) is 2.72. The molecule has 1 heterocycles. The summed E-state index contributed by atoms with van der Waals surface area (Å²) in [5, 5.41) is 4.03. The van der Waals surface area contributed by atoms with Gasteiger partial charge in [-0.1, -0.05) is 30.1 Å². The third kappa shape index (κ3) is 3.77. The van der Waals surface area contributed by atoms with Crippen molar-refractivity contribution >= 4 is 33.2 Å². The minimum Gasteiger partial charge on any atom is -0.317 e. The van der Waals surface area contributed by atoms with Gasteiger partial charge in [0.25, 0.3) is 0 Å². The topological polar surface area (TPSA) is 49.4 Å². The van der Waals surface area contributed by atoms with Gasteiger partial charge in [-0.25, -0.2) is 8.42 Å². The molecular weight excluding hydrogens is 343 g/mol. The van der Waals surface area contributed by atoms with Crippen molar-refractivity contribution in [3.63, 3.8) is 0 Å². The maximum atomic E-state index is 13.0. The number of hydrogen-bond acceptors (Lipinski definition) is 3. The second-order valence-electron chi connectivity index (χ2n) is 5.61. The molecule has 1 fully saturated rings. The molecule has 0 saturated carbocycles. The molecule has 1 aliphatic heterocycles. The van der Waals surface area contributed by atoms with Crippen molar-refractivity contribution in [1.29, 1.82) is 0 Å². The van der Waals surface area contributed by atoms with E-state index in [0.29, 0.717) is 22.2 Å². The monoisotopic (exact) mass is 364 g/mol. The Bertz CT molecular complexity index is 605. The van der Waals surface area contributed by atoms with Gasteiger partial charge in [-0.2, -0.15) is 4.31 Å². The second kappa shape index (κ2) is 7.49. The molecule has 0 aliphatic carbocycles. The zero-order valence-electron chi connectivity index (χ0n) is 12.9. The molecule has 7 heteroatoms. The number of rotatable bonds is 5. The van der Waals surface area contributed by atoms with E-state index in [1.54, 1.807) is 11.2 Å². The molecule has 0 bridgehead atoms. The number of sulfonamides is 1. The van der Waals surface area contributed by atoms with E-state index in [1.807, 2.05) is 6.92 Å². The van der Waals surface area contributed by atoms with Crippen LogP contribution < -0.4 is 5.32 Å². The normalized spacial score (nSPS) is 17.1. The Labute approximate surface area is 142 Å². The first-order valence-electron chi connectivity index (χ1n) is 7.56. The first-order valence-corrected chi connectivity index (χ1v) is 9.75. The van der Waals surface area contributed by atoms with Gasteiger partial charge in [0.2, 0.25) is 10.0 Å². The van der Waals surface area contributed by atoms with Gasteiger partial charge in [-0.05, 0) is 57.0 Å². The smallest absolute Gasteiger partial charge is 0.243 e. The van der Waals surface area contributed by atoms with E-state index >= 15 is 0 Å². The summed E-state index contributed by atoms with van der Waals surface area (Å²) < 4.78 is 27.7. The van der Waals surface area contributed by atoms with Crippen molar-refractivity contribution in [2.75, 3.05) is 19.6 Å². The molecule has 0 unspecified atom stereocenters. The maximum absolute atomic E-state index is 13.0. The SMILES string of the molecule is CCCN(C1CCNCC1)S(=O)(=O)c1cc(Cl)c(C)c(Cl)c1. The summed E-state index contributed by atoms with van der Waals surface area (Å²) in [5.41, 5.74) is 0.700. The Morgan fingerprint density at radius 1 is 1.23 bits per heavy atom. The van der Waals surface area contributed by atoms with Crippen molar-refractivity contribution in [2.24, 2.45) is 0 Å². The van der Waals surface area contributed by atoms with Crippen LogP contribution in [0.2, 0.25) is 10.0 Å².